The van der Waals surface area contributed by atoms with Gasteiger partial charge in [-0.15, -0.1) is 10.2 Å². The van der Waals surface area contributed by atoms with Crippen LogP contribution in [0.1, 0.15) is 13.8 Å². The second kappa shape index (κ2) is 4.65. The Hall–Kier alpha value is -1.49. The number of fused-ring (bicyclic) bond motifs is 1. The van der Waals surface area contributed by atoms with Crippen molar-refractivity contribution in [1.82, 2.24) is 14.9 Å². The molecule has 0 bridgehead atoms. The molecule has 4 nitrogen and oxygen atoms in total. The first-order valence-corrected chi connectivity index (χ1v) is 7.14. The van der Waals surface area contributed by atoms with Gasteiger partial charge in [-0.25, -0.2) is 4.68 Å². The molecule has 18 heavy (non-hydrogen) atoms. The number of nitrogens with zero attached hydrogens (tertiary/aromatic N) is 3. The molecule has 1 unspecified atom stereocenters. The lowest BCUT2D eigenvalue weighted by molar-refractivity contribution is 0.503. The Bertz CT molecular complexity index is 535. The Balaban J connectivity index is 1.98. The topological polar surface area (TPSA) is 42.7 Å². The molecule has 0 saturated heterocycles. The van der Waals surface area contributed by atoms with Crippen LogP contribution in [0.2, 0.25) is 0 Å². The minimum Gasteiger partial charge on any atom is -0.318 e. The molecule has 94 valence electrons. The zero-order valence-electron chi connectivity index (χ0n) is 10.5. The first-order chi connectivity index (χ1) is 8.75. The highest BCUT2D eigenvalue weighted by molar-refractivity contribution is 7.99. The fourth-order valence-corrected chi connectivity index (χ4v) is 3.12. The molecule has 2 heterocycles. The molecular weight excluding hydrogens is 244 g/mol. The maximum atomic E-state index is 4.29. The van der Waals surface area contributed by atoms with Crippen LogP contribution in [0.25, 0.3) is 11.4 Å². The van der Waals surface area contributed by atoms with Crippen molar-refractivity contribution < 1.29 is 0 Å². The van der Waals surface area contributed by atoms with E-state index in [1.165, 1.54) is 0 Å². The highest BCUT2D eigenvalue weighted by Gasteiger charge is 2.25. The molecular formula is C13H16N4S. The number of hydrogen-bond acceptors (Lipinski definition) is 4. The van der Waals surface area contributed by atoms with Gasteiger partial charge in [0.25, 0.3) is 0 Å². The lowest BCUT2D eigenvalue weighted by Crippen LogP contribution is -2.38. The fourth-order valence-electron chi connectivity index (χ4n) is 1.96. The maximum Gasteiger partial charge on any atom is 0.210 e. The zero-order valence-corrected chi connectivity index (χ0v) is 11.3. The summed E-state index contributed by atoms with van der Waals surface area (Å²) in [5.74, 6) is 2.53. The average Bonchev–Trinajstić information content (AvgIpc) is 2.82. The molecule has 1 atom stereocenters. The van der Waals surface area contributed by atoms with Crippen LogP contribution in [-0.4, -0.2) is 26.7 Å². The third-order valence-corrected chi connectivity index (χ3v) is 4.21. The molecule has 2 aromatic rings. The normalized spacial score (nSPS) is 18.5. The summed E-state index contributed by atoms with van der Waals surface area (Å²) in [6.07, 6.45) is 0. The van der Waals surface area contributed by atoms with Crippen LogP contribution in [-0.2, 0) is 0 Å². The van der Waals surface area contributed by atoms with Gasteiger partial charge in [0.1, 0.15) is 0 Å². The minimum atomic E-state index is 0.459. The largest absolute Gasteiger partial charge is 0.318 e. The molecule has 0 radical (unpaired) electrons. The molecule has 1 aliphatic heterocycles. The van der Waals surface area contributed by atoms with Gasteiger partial charge in [0.05, 0.1) is 6.04 Å². The van der Waals surface area contributed by atoms with Crippen LogP contribution in [0, 0.1) is 5.92 Å². The molecule has 0 fully saturated rings. The van der Waals surface area contributed by atoms with E-state index in [-0.39, 0.29) is 0 Å². The van der Waals surface area contributed by atoms with E-state index in [4.69, 9.17) is 0 Å². The zero-order chi connectivity index (χ0) is 12.5. The van der Waals surface area contributed by atoms with Crippen LogP contribution >= 0.6 is 11.8 Å². The highest BCUT2D eigenvalue weighted by Crippen LogP contribution is 2.28. The van der Waals surface area contributed by atoms with E-state index in [0.717, 1.165) is 22.3 Å². The molecule has 0 saturated carbocycles. The number of thioether (sulfide) groups is 1. The number of nitrogens with one attached hydrogen (secondary N) is 1. The molecule has 1 aliphatic rings. The van der Waals surface area contributed by atoms with Crippen molar-refractivity contribution in [3.05, 3.63) is 30.3 Å². The van der Waals surface area contributed by atoms with Crippen molar-refractivity contribution >= 4 is 11.8 Å². The van der Waals surface area contributed by atoms with Gasteiger partial charge in [-0.05, 0) is 5.92 Å². The van der Waals surface area contributed by atoms with E-state index < -0.39 is 0 Å². The number of aromatic nitrogens is 3. The van der Waals surface area contributed by atoms with Gasteiger partial charge in [-0.1, -0.05) is 55.9 Å². The lowest BCUT2D eigenvalue weighted by atomic mass is 10.1. The molecule has 3 rings (SSSR count). The first-order valence-electron chi connectivity index (χ1n) is 6.16. The molecule has 0 aliphatic carbocycles. The van der Waals surface area contributed by atoms with E-state index >= 15 is 0 Å². The second-order valence-electron chi connectivity index (χ2n) is 4.80. The Morgan fingerprint density at radius 1 is 1.28 bits per heavy atom. The van der Waals surface area contributed by atoms with Gasteiger partial charge in [0.15, 0.2) is 5.82 Å². The molecule has 1 N–H and O–H groups in total. The molecule has 1 aromatic carbocycles. The van der Waals surface area contributed by atoms with Crippen molar-refractivity contribution in [2.75, 3.05) is 11.2 Å². The van der Waals surface area contributed by atoms with Crippen LogP contribution in [0.15, 0.2) is 35.5 Å². The van der Waals surface area contributed by atoms with Gasteiger partial charge in [0.2, 0.25) is 5.16 Å². The summed E-state index contributed by atoms with van der Waals surface area (Å²) in [5, 5.41) is 9.48. The number of rotatable bonds is 2. The third kappa shape index (κ3) is 1.99. The van der Waals surface area contributed by atoms with Gasteiger partial charge >= 0.3 is 0 Å². The summed E-state index contributed by atoms with van der Waals surface area (Å²) >= 11 is 1.77. The summed E-state index contributed by atoms with van der Waals surface area (Å²) in [5.41, 5.74) is 4.61. The van der Waals surface area contributed by atoms with Gasteiger partial charge < -0.3 is 5.43 Å². The quantitative estimate of drug-likeness (QED) is 0.901. The Kier molecular flexibility index (Phi) is 2.99. The van der Waals surface area contributed by atoms with Crippen molar-refractivity contribution in [2.24, 2.45) is 5.92 Å². The van der Waals surface area contributed by atoms with Crippen LogP contribution in [0.5, 0.6) is 0 Å². The molecule has 0 spiro atoms. The fraction of sp³-hybridized carbons (Fsp3) is 0.385. The highest BCUT2D eigenvalue weighted by atomic mass is 32.2. The van der Waals surface area contributed by atoms with E-state index in [1.807, 2.05) is 22.9 Å². The SMILES string of the molecule is CC(C)C1CSc2nnc(-c3ccccc3)n2N1. The maximum absolute atomic E-state index is 4.29. The Morgan fingerprint density at radius 3 is 2.78 bits per heavy atom. The molecule has 0 amide bonds. The van der Waals surface area contributed by atoms with Gasteiger partial charge in [-0.2, -0.15) is 0 Å². The Morgan fingerprint density at radius 2 is 2.06 bits per heavy atom. The minimum absolute atomic E-state index is 0.459. The van der Waals surface area contributed by atoms with Gasteiger partial charge in [-0.3, -0.25) is 0 Å². The predicted molar refractivity (Wildman–Crippen MR) is 74.2 cm³/mol. The number of hydrogen-bond donors (Lipinski definition) is 1. The van der Waals surface area contributed by atoms with Crippen LogP contribution < -0.4 is 5.43 Å². The summed E-state index contributed by atoms with van der Waals surface area (Å²) in [4.78, 5) is 0. The predicted octanol–water partition coefficient (Wildman–Crippen LogP) is 2.62. The van der Waals surface area contributed by atoms with Crippen LogP contribution in [0.4, 0.5) is 0 Å². The monoisotopic (exact) mass is 260 g/mol. The Labute approximate surface area is 111 Å². The first kappa shape index (κ1) is 11.6. The summed E-state index contributed by atoms with van der Waals surface area (Å²) in [7, 11) is 0. The third-order valence-electron chi connectivity index (χ3n) is 3.16. The molecule has 5 heteroatoms. The summed E-state index contributed by atoms with van der Waals surface area (Å²) in [6.45, 7) is 4.46. The van der Waals surface area contributed by atoms with Crippen LogP contribution in [0.3, 0.4) is 0 Å². The standard InChI is InChI=1S/C13H16N4S/c1-9(2)11-8-18-13-15-14-12(17(13)16-11)10-6-4-3-5-7-10/h3-7,9,11,16H,8H2,1-2H3. The number of benzene rings is 1. The van der Waals surface area contributed by atoms with Crippen molar-refractivity contribution in [2.45, 2.75) is 25.0 Å². The van der Waals surface area contributed by atoms with E-state index in [0.29, 0.717) is 12.0 Å². The van der Waals surface area contributed by atoms with Crippen molar-refractivity contribution in [1.29, 1.82) is 0 Å². The second-order valence-corrected chi connectivity index (χ2v) is 5.79. The van der Waals surface area contributed by atoms with Crippen molar-refractivity contribution in [3.63, 3.8) is 0 Å². The average molecular weight is 260 g/mol. The summed E-state index contributed by atoms with van der Waals surface area (Å²) < 4.78 is 2.02. The van der Waals surface area contributed by atoms with E-state index in [9.17, 15) is 0 Å². The smallest absolute Gasteiger partial charge is 0.210 e. The lowest BCUT2D eigenvalue weighted by Gasteiger charge is -2.28. The van der Waals surface area contributed by atoms with E-state index in [2.05, 4.69) is 41.6 Å². The van der Waals surface area contributed by atoms with Gasteiger partial charge in [0, 0.05) is 11.3 Å². The van der Waals surface area contributed by atoms with Crippen molar-refractivity contribution in [3.8, 4) is 11.4 Å². The molecule has 1 aromatic heterocycles. The van der Waals surface area contributed by atoms with E-state index in [1.54, 1.807) is 11.8 Å². The summed E-state index contributed by atoms with van der Waals surface area (Å²) in [6, 6.07) is 10.6.